The van der Waals surface area contributed by atoms with Crippen LogP contribution in [0, 0.1) is 5.92 Å². The van der Waals surface area contributed by atoms with E-state index in [2.05, 4.69) is 13.8 Å². The highest BCUT2D eigenvalue weighted by atomic mass is 16.5. The largest absolute Gasteiger partial charge is 0.381 e. The quantitative estimate of drug-likeness (QED) is 0.455. The van der Waals surface area contributed by atoms with Gasteiger partial charge in [-0.1, -0.05) is 33.1 Å². The average molecular weight is 198 g/mol. The Hall–Kier alpha value is -0.0151. The van der Waals surface area contributed by atoms with E-state index in [1.165, 1.54) is 25.7 Å². The molecule has 83 valence electrons. The normalized spacial score (nSPS) is 12.2. The lowest BCUT2D eigenvalue weighted by Crippen LogP contribution is -2.11. The van der Waals surface area contributed by atoms with Crippen molar-refractivity contribution in [2.75, 3.05) is 19.8 Å². The molecule has 2 nitrogen and oxygen atoms in total. The van der Waals surface area contributed by atoms with E-state index in [1.807, 2.05) is 0 Å². The Bertz CT molecular complexity index is 101. The monoisotopic (exact) mass is 198 g/mol. The van der Waals surface area contributed by atoms with Crippen LogP contribution < -0.4 is 5.73 Å². The van der Waals surface area contributed by atoms with Crippen molar-refractivity contribution >= 4 is 8.41 Å². The summed E-state index contributed by atoms with van der Waals surface area (Å²) in [6, 6.07) is 0. The highest BCUT2D eigenvalue weighted by Gasteiger charge is 2.04. The van der Waals surface area contributed by atoms with Gasteiger partial charge in [0.1, 0.15) is 0 Å². The van der Waals surface area contributed by atoms with Crippen molar-refractivity contribution < 1.29 is 4.74 Å². The van der Waals surface area contributed by atoms with Crippen LogP contribution >= 0.6 is 0 Å². The summed E-state index contributed by atoms with van der Waals surface area (Å²) >= 11 is 0. The van der Waals surface area contributed by atoms with Gasteiger partial charge in [0, 0.05) is 21.6 Å². The third-order valence-corrected chi connectivity index (χ3v) is 2.39. The Balaban J connectivity index is 0. The minimum absolute atomic E-state index is 0. The molecule has 2 N–H and O–H groups in total. The predicted octanol–water partition coefficient (Wildman–Crippen LogP) is 2.19. The van der Waals surface area contributed by atoms with Crippen LogP contribution in [0.1, 0.15) is 46.0 Å². The fourth-order valence-corrected chi connectivity index (χ4v) is 1.33. The predicted molar refractivity (Wildman–Crippen MR) is 63.6 cm³/mol. The SMILES string of the molecule is CCCCC(CC)COCCCN.[B]. The van der Waals surface area contributed by atoms with Gasteiger partial charge in [-0.05, 0) is 25.3 Å². The highest BCUT2D eigenvalue weighted by Crippen LogP contribution is 2.12. The summed E-state index contributed by atoms with van der Waals surface area (Å²) in [5, 5.41) is 0. The third-order valence-electron chi connectivity index (χ3n) is 2.39. The van der Waals surface area contributed by atoms with E-state index in [9.17, 15) is 0 Å². The van der Waals surface area contributed by atoms with E-state index in [0.717, 1.165) is 32.1 Å². The average Bonchev–Trinajstić information content (AvgIpc) is 2.17. The second-order valence-corrected chi connectivity index (χ2v) is 3.63. The highest BCUT2D eigenvalue weighted by molar-refractivity contribution is 5.75. The second-order valence-electron chi connectivity index (χ2n) is 3.63. The van der Waals surface area contributed by atoms with Gasteiger partial charge in [-0.25, -0.2) is 0 Å². The summed E-state index contributed by atoms with van der Waals surface area (Å²) in [5.74, 6) is 0.762. The molecule has 0 aliphatic carbocycles. The maximum absolute atomic E-state index is 5.54. The zero-order chi connectivity index (χ0) is 9.94. The number of hydrogen-bond acceptors (Lipinski definition) is 2. The molecule has 3 heteroatoms. The first kappa shape index (κ1) is 16.4. The molecule has 1 unspecified atom stereocenters. The van der Waals surface area contributed by atoms with Crippen LogP contribution in [0.5, 0.6) is 0 Å². The zero-order valence-electron chi connectivity index (χ0n) is 9.80. The Labute approximate surface area is 91.2 Å². The molecule has 0 rings (SSSR count). The molecule has 0 amide bonds. The summed E-state index contributed by atoms with van der Waals surface area (Å²) in [4.78, 5) is 0. The van der Waals surface area contributed by atoms with Gasteiger partial charge >= 0.3 is 0 Å². The first-order valence-corrected chi connectivity index (χ1v) is 5.62. The fraction of sp³-hybridized carbons (Fsp3) is 1.00. The van der Waals surface area contributed by atoms with E-state index in [4.69, 9.17) is 10.5 Å². The van der Waals surface area contributed by atoms with E-state index in [-0.39, 0.29) is 8.41 Å². The van der Waals surface area contributed by atoms with Crippen LogP contribution in [-0.2, 0) is 4.74 Å². The molecule has 14 heavy (non-hydrogen) atoms. The van der Waals surface area contributed by atoms with Crippen LogP contribution in [0.4, 0.5) is 0 Å². The van der Waals surface area contributed by atoms with Crippen molar-refractivity contribution in [2.45, 2.75) is 46.0 Å². The molecule has 1 atom stereocenters. The summed E-state index contributed by atoms with van der Waals surface area (Å²) in [6.45, 7) is 6.98. The Morgan fingerprint density at radius 2 is 1.93 bits per heavy atom. The van der Waals surface area contributed by atoms with Gasteiger partial charge in [0.2, 0.25) is 0 Å². The molecule has 0 saturated carbocycles. The van der Waals surface area contributed by atoms with Crippen molar-refractivity contribution in [2.24, 2.45) is 11.7 Å². The fourth-order valence-electron chi connectivity index (χ4n) is 1.33. The topological polar surface area (TPSA) is 35.2 Å². The molecule has 0 spiro atoms. The minimum Gasteiger partial charge on any atom is -0.381 e. The third kappa shape index (κ3) is 10.1. The lowest BCUT2D eigenvalue weighted by molar-refractivity contribution is 0.0933. The molecule has 0 heterocycles. The van der Waals surface area contributed by atoms with Crippen LogP contribution in [0.15, 0.2) is 0 Å². The summed E-state index contributed by atoms with van der Waals surface area (Å²) in [6.07, 6.45) is 6.17. The summed E-state index contributed by atoms with van der Waals surface area (Å²) < 4.78 is 5.54. The molecule has 0 aliphatic rings. The van der Waals surface area contributed by atoms with Gasteiger partial charge < -0.3 is 10.5 Å². The van der Waals surface area contributed by atoms with E-state index in [1.54, 1.807) is 0 Å². The lowest BCUT2D eigenvalue weighted by Gasteiger charge is -2.14. The maximum atomic E-state index is 5.54. The van der Waals surface area contributed by atoms with E-state index < -0.39 is 0 Å². The van der Waals surface area contributed by atoms with Crippen molar-refractivity contribution in [3.05, 3.63) is 0 Å². The molecular weight excluding hydrogens is 173 g/mol. The first-order chi connectivity index (χ1) is 6.35. The van der Waals surface area contributed by atoms with Gasteiger partial charge in [-0.2, -0.15) is 0 Å². The number of hydrogen-bond donors (Lipinski definition) is 1. The van der Waals surface area contributed by atoms with Gasteiger partial charge in [0.15, 0.2) is 0 Å². The number of rotatable bonds is 9. The first-order valence-electron chi connectivity index (χ1n) is 5.62. The van der Waals surface area contributed by atoms with Crippen LogP contribution in [-0.4, -0.2) is 28.2 Å². The van der Waals surface area contributed by atoms with Crippen molar-refractivity contribution in [3.63, 3.8) is 0 Å². The van der Waals surface area contributed by atoms with Crippen molar-refractivity contribution in [3.8, 4) is 0 Å². The Morgan fingerprint density at radius 1 is 1.21 bits per heavy atom. The second kappa shape index (κ2) is 13.0. The molecule has 0 saturated heterocycles. The molecular formula is C11H25BNO. The smallest absolute Gasteiger partial charge is 0.0494 e. The van der Waals surface area contributed by atoms with Crippen LogP contribution in [0.25, 0.3) is 0 Å². The van der Waals surface area contributed by atoms with E-state index >= 15 is 0 Å². The standard InChI is InChI=1S/C11H25NO.B/c1-3-5-7-11(4-2)10-13-9-6-8-12;/h11H,3-10,12H2,1-2H3;. The molecule has 0 aromatic heterocycles. The zero-order valence-corrected chi connectivity index (χ0v) is 9.80. The minimum atomic E-state index is 0. The van der Waals surface area contributed by atoms with Gasteiger partial charge in [-0.3, -0.25) is 0 Å². The van der Waals surface area contributed by atoms with Crippen molar-refractivity contribution in [1.29, 1.82) is 0 Å². The number of nitrogens with two attached hydrogens (primary N) is 1. The maximum Gasteiger partial charge on any atom is 0.0494 e. The summed E-state index contributed by atoms with van der Waals surface area (Å²) in [5.41, 5.74) is 5.38. The lowest BCUT2D eigenvalue weighted by atomic mass is 10.0. The van der Waals surface area contributed by atoms with Crippen molar-refractivity contribution in [1.82, 2.24) is 0 Å². The molecule has 3 radical (unpaired) electrons. The number of ether oxygens (including phenoxy) is 1. The van der Waals surface area contributed by atoms with Crippen LogP contribution in [0.3, 0.4) is 0 Å². The molecule has 0 aliphatic heterocycles. The molecule has 0 aromatic carbocycles. The molecule has 0 bridgehead atoms. The molecule has 0 aromatic rings. The Morgan fingerprint density at radius 3 is 2.43 bits per heavy atom. The van der Waals surface area contributed by atoms with Gasteiger partial charge in [0.05, 0.1) is 0 Å². The number of unbranched alkanes of at least 4 members (excludes halogenated alkanes) is 1. The Kier molecular flexibility index (Phi) is 15.2. The van der Waals surface area contributed by atoms with E-state index in [0.29, 0.717) is 0 Å². The van der Waals surface area contributed by atoms with Gasteiger partial charge in [0.25, 0.3) is 0 Å². The summed E-state index contributed by atoms with van der Waals surface area (Å²) in [7, 11) is 0. The molecule has 0 fully saturated rings. The van der Waals surface area contributed by atoms with Crippen LogP contribution in [0.2, 0.25) is 0 Å². The van der Waals surface area contributed by atoms with Gasteiger partial charge in [-0.15, -0.1) is 0 Å².